The maximum absolute atomic E-state index is 14.1. The second kappa shape index (κ2) is 19.4. The Morgan fingerprint density at radius 3 is 2.14 bits per heavy atom. The maximum atomic E-state index is 14.1. The molecule has 12 heteroatoms. The van der Waals surface area contributed by atoms with E-state index in [1.807, 2.05) is 6.07 Å². The molecular formula is C46H80O9SSi2. The Morgan fingerprint density at radius 1 is 0.914 bits per heavy atom. The van der Waals surface area contributed by atoms with Crippen molar-refractivity contribution in [3.05, 3.63) is 42.5 Å². The molecular weight excluding hydrogens is 785 g/mol. The molecule has 9 nitrogen and oxygen atoms in total. The van der Waals surface area contributed by atoms with Gasteiger partial charge in [0.1, 0.15) is 6.29 Å². The number of methoxy groups -OCH3 is 1. The molecule has 0 N–H and O–H groups in total. The highest BCUT2D eigenvalue weighted by molar-refractivity contribution is 7.91. The zero-order chi connectivity index (χ0) is 43.5. The molecule has 3 heterocycles. The Balaban J connectivity index is 1.60. The van der Waals surface area contributed by atoms with Gasteiger partial charge in [-0.05, 0) is 97.4 Å². The van der Waals surface area contributed by atoms with E-state index in [1.165, 1.54) is 0 Å². The lowest BCUT2D eigenvalue weighted by Gasteiger charge is -2.42. The Hall–Kier alpha value is -1.23. The third-order valence-electron chi connectivity index (χ3n) is 14.4. The highest BCUT2D eigenvalue weighted by Gasteiger charge is 2.51. The largest absolute Gasteiger partial charge is 0.414 e. The number of carbonyl (C=O) groups excluding carboxylic acids is 1. The van der Waals surface area contributed by atoms with Gasteiger partial charge in [0.05, 0.1) is 66.1 Å². The highest BCUT2D eigenvalue weighted by atomic mass is 32.2. The third-order valence-corrected chi connectivity index (χ3v) is 25.3. The molecule has 0 saturated carbocycles. The molecule has 1 aromatic rings. The fourth-order valence-corrected chi connectivity index (χ4v) is 12.6. The van der Waals surface area contributed by atoms with Crippen molar-refractivity contribution in [2.75, 3.05) is 19.5 Å². The molecule has 0 aromatic heterocycles. The molecule has 0 radical (unpaired) electrons. The van der Waals surface area contributed by atoms with Crippen molar-refractivity contribution in [1.82, 2.24) is 0 Å². The summed E-state index contributed by atoms with van der Waals surface area (Å²) in [6.07, 6.45) is 5.14. The summed E-state index contributed by atoms with van der Waals surface area (Å²) in [7, 11) is -6.36. The molecule has 10 atom stereocenters. The minimum absolute atomic E-state index is 0.00991. The van der Waals surface area contributed by atoms with Crippen LogP contribution in [-0.4, -0.2) is 99.6 Å². The highest BCUT2D eigenvalue weighted by Crippen LogP contribution is 2.45. The molecule has 3 aliphatic rings. The van der Waals surface area contributed by atoms with Gasteiger partial charge in [0.2, 0.25) is 0 Å². The normalized spacial score (nSPS) is 30.4. The van der Waals surface area contributed by atoms with E-state index in [9.17, 15) is 13.2 Å². The van der Waals surface area contributed by atoms with E-state index in [4.69, 9.17) is 27.8 Å². The molecule has 1 aromatic carbocycles. The molecule has 0 amide bonds. The van der Waals surface area contributed by atoms with Crippen molar-refractivity contribution in [2.45, 2.75) is 204 Å². The van der Waals surface area contributed by atoms with Crippen LogP contribution in [0.3, 0.4) is 0 Å². The summed E-state index contributed by atoms with van der Waals surface area (Å²) in [4.78, 5) is 11.3. The van der Waals surface area contributed by atoms with E-state index in [0.29, 0.717) is 30.8 Å². The van der Waals surface area contributed by atoms with E-state index in [-0.39, 0.29) is 57.7 Å². The number of aldehydes is 1. The topological polar surface area (TPSA) is 107 Å². The van der Waals surface area contributed by atoms with Crippen LogP contribution in [0.4, 0.5) is 0 Å². The summed E-state index contributed by atoms with van der Waals surface area (Å²) in [5, 5.41) is 0.0184. The second-order valence-electron chi connectivity index (χ2n) is 21.4. The lowest BCUT2D eigenvalue weighted by atomic mass is 9.80. The number of ether oxygens (including phenoxy) is 4. The predicted molar refractivity (Wildman–Crippen MR) is 239 cm³/mol. The predicted octanol–water partition coefficient (Wildman–Crippen LogP) is 10.3. The number of carbonyl (C=O) groups is 1. The summed E-state index contributed by atoms with van der Waals surface area (Å²) >= 11 is 0. The van der Waals surface area contributed by atoms with Crippen molar-refractivity contribution in [2.24, 2.45) is 17.3 Å². The summed E-state index contributed by atoms with van der Waals surface area (Å²) in [5.41, 5.74) is 1.05. The molecule has 332 valence electrons. The number of hydrogen-bond acceptors (Lipinski definition) is 9. The number of rotatable bonds is 19. The van der Waals surface area contributed by atoms with Gasteiger partial charge in [-0.15, -0.1) is 0 Å². The molecule has 0 bridgehead atoms. The molecule has 7 unspecified atom stereocenters. The SMILES string of the molecule is C=C1C(CC2OC(C[C@@H](CO[Si](C)(C)C(C)(C)C)O[Si](C)(C)C(C)(C)C)[C@H](OC)C2CS(=O)(=O)c2ccccc2)OC(CCC2OC(CCC=O)CC2(C)C)C[C@H]1C. The van der Waals surface area contributed by atoms with Crippen LogP contribution >= 0.6 is 0 Å². The Bertz CT molecular complexity index is 1600. The first kappa shape index (κ1) is 49.4. The van der Waals surface area contributed by atoms with Gasteiger partial charge in [0.15, 0.2) is 26.5 Å². The van der Waals surface area contributed by atoms with Gasteiger partial charge in [-0.2, -0.15) is 0 Å². The van der Waals surface area contributed by atoms with E-state index in [1.54, 1.807) is 31.4 Å². The van der Waals surface area contributed by atoms with Crippen molar-refractivity contribution < 1.29 is 41.0 Å². The first-order chi connectivity index (χ1) is 26.7. The van der Waals surface area contributed by atoms with Crippen molar-refractivity contribution in [1.29, 1.82) is 0 Å². The molecule has 3 saturated heterocycles. The molecule has 0 aliphatic carbocycles. The third kappa shape index (κ3) is 12.5. The first-order valence-electron chi connectivity index (χ1n) is 21.9. The van der Waals surface area contributed by atoms with Gasteiger partial charge in [-0.1, -0.05) is 87.1 Å². The van der Waals surface area contributed by atoms with Crippen LogP contribution in [0, 0.1) is 17.3 Å². The van der Waals surface area contributed by atoms with Gasteiger partial charge in [0.25, 0.3) is 0 Å². The molecule has 3 aliphatic heterocycles. The Morgan fingerprint density at radius 2 is 1.55 bits per heavy atom. The monoisotopic (exact) mass is 865 g/mol. The van der Waals surface area contributed by atoms with Gasteiger partial charge in [0, 0.05) is 32.3 Å². The summed E-state index contributed by atoms with van der Waals surface area (Å²) in [6, 6.07) is 8.69. The van der Waals surface area contributed by atoms with Crippen molar-refractivity contribution >= 4 is 32.8 Å². The fraction of sp³-hybridized carbons (Fsp3) is 0.804. The van der Waals surface area contributed by atoms with E-state index in [2.05, 4.69) is 95.1 Å². The molecule has 4 rings (SSSR count). The van der Waals surface area contributed by atoms with Crippen LogP contribution in [0.2, 0.25) is 36.3 Å². The Labute approximate surface area is 355 Å². The summed E-state index contributed by atoms with van der Waals surface area (Å²) < 4.78 is 68.9. The van der Waals surface area contributed by atoms with Gasteiger partial charge in [-0.25, -0.2) is 8.42 Å². The summed E-state index contributed by atoms with van der Waals surface area (Å²) in [5.74, 6) is -0.320. The number of hydrogen-bond donors (Lipinski definition) is 0. The van der Waals surface area contributed by atoms with Gasteiger partial charge < -0.3 is 32.6 Å². The lowest BCUT2D eigenvalue weighted by Crippen LogP contribution is -2.49. The lowest BCUT2D eigenvalue weighted by molar-refractivity contribution is -0.108. The quantitative estimate of drug-likeness (QED) is 0.0763. The van der Waals surface area contributed by atoms with Gasteiger partial charge >= 0.3 is 0 Å². The van der Waals surface area contributed by atoms with E-state index in [0.717, 1.165) is 44.0 Å². The van der Waals surface area contributed by atoms with Crippen molar-refractivity contribution in [3.8, 4) is 0 Å². The fourth-order valence-electron chi connectivity index (χ4n) is 8.58. The first-order valence-corrected chi connectivity index (χ1v) is 29.4. The zero-order valence-electron chi connectivity index (χ0n) is 38.6. The van der Waals surface area contributed by atoms with Crippen LogP contribution in [0.1, 0.15) is 114 Å². The second-order valence-corrected chi connectivity index (χ2v) is 33.0. The van der Waals surface area contributed by atoms with Crippen molar-refractivity contribution in [3.63, 3.8) is 0 Å². The number of benzene rings is 1. The molecule has 0 spiro atoms. The maximum Gasteiger partial charge on any atom is 0.192 e. The minimum Gasteiger partial charge on any atom is -0.414 e. The van der Waals surface area contributed by atoms with Crippen LogP contribution in [0.25, 0.3) is 0 Å². The van der Waals surface area contributed by atoms with Crippen LogP contribution in [0.5, 0.6) is 0 Å². The average Bonchev–Trinajstić information content (AvgIpc) is 3.59. The van der Waals surface area contributed by atoms with E-state index >= 15 is 0 Å². The van der Waals surface area contributed by atoms with Gasteiger partial charge in [-0.3, -0.25) is 0 Å². The Kier molecular flexibility index (Phi) is 16.6. The van der Waals surface area contributed by atoms with Crippen LogP contribution in [0.15, 0.2) is 47.4 Å². The number of sulfone groups is 1. The smallest absolute Gasteiger partial charge is 0.192 e. The standard InChI is InChI=1S/C46H80O9SSi2/c1-32-26-34(23-24-42-46(9,10)29-35(53-42)20-19-25-47)52-39(33(32)2)28-40-38(31-56(48,49)37-21-17-16-18-22-37)43(50-11)41(54-40)27-36(55-58(14,15)45(6,7)8)30-51-57(12,13)44(3,4)5/h16-18,21-22,25,32,34-36,38-43H,2,19-20,23-24,26-31H2,1,3-15H3/t32-,34?,35?,36+,38?,39?,40?,41?,42?,43-/m1/s1. The van der Waals surface area contributed by atoms with Crippen LogP contribution in [-0.2, 0) is 42.4 Å². The minimum atomic E-state index is -3.68. The van der Waals surface area contributed by atoms with Crippen LogP contribution < -0.4 is 0 Å². The molecule has 58 heavy (non-hydrogen) atoms. The average molecular weight is 865 g/mol. The molecule has 3 fully saturated rings. The zero-order valence-corrected chi connectivity index (χ0v) is 41.4. The van der Waals surface area contributed by atoms with E-state index < -0.39 is 50.7 Å². The summed E-state index contributed by atoms with van der Waals surface area (Å²) in [6.45, 7) is 34.2.